The smallest absolute Gasteiger partial charge is 0.220 e. The third kappa shape index (κ3) is 11.6. The van der Waals surface area contributed by atoms with Gasteiger partial charge in [0, 0.05) is 6.42 Å². The molecule has 0 spiro atoms. The minimum Gasteiger partial charge on any atom is -0.394 e. The average Bonchev–Trinajstić information content (AvgIpc) is 2.83. The number of ether oxygens (including phenoxy) is 2. The SMILES string of the molecule is CCC/C=C/C(O)C(COC1OC(CO)C(O)C(O)C1O)NC(=O)CCCCCCCCCC. The summed E-state index contributed by atoms with van der Waals surface area (Å²) in [4.78, 5) is 12.5. The highest BCUT2D eigenvalue weighted by molar-refractivity contribution is 5.76. The minimum atomic E-state index is -1.56. The van der Waals surface area contributed by atoms with Gasteiger partial charge in [0.25, 0.3) is 0 Å². The van der Waals surface area contributed by atoms with Gasteiger partial charge < -0.3 is 40.3 Å². The molecule has 0 bridgehead atoms. The maximum absolute atomic E-state index is 12.5. The van der Waals surface area contributed by atoms with Gasteiger partial charge in [0.05, 0.1) is 25.4 Å². The van der Waals surface area contributed by atoms with Crippen molar-refractivity contribution >= 4 is 5.91 Å². The monoisotopic (exact) mass is 489 g/mol. The van der Waals surface area contributed by atoms with Crippen molar-refractivity contribution < 1.29 is 39.8 Å². The van der Waals surface area contributed by atoms with Gasteiger partial charge in [-0.05, 0) is 12.8 Å². The molecule has 1 rings (SSSR count). The number of aliphatic hydroxyl groups excluding tert-OH is 5. The van der Waals surface area contributed by atoms with Crippen LogP contribution < -0.4 is 5.32 Å². The van der Waals surface area contributed by atoms with E-state index in [1.54, 1.807) is 6.08 Å². The molecule has 1 heterocycles. The van der Waals surface area contributed by atoms with Crippen LogP contribution in [0.1, 0.15) is 84.5 Å². The molecular weight excluding hydrogens is 442 g/mol. The second kappa shape index (κ2) is 18.2. The lowest BCUT2D eigenvalue weighted by Crippen LogP contribution is -2.60. The van der Waals surface area contributed by atoms with Crippen molar-refractivity contribution in [2.75, 3.05) is 13.2 Å². The van der Waals surface area contributed by atoms with Crippen molar-refractivity contribution in [3.05, 3.63) is 12.2 Å². The van der Waals surface area contributed by atoms with Crippen molar-refractivity contribution in [3.63, 3.8) is 0 Å². The van der Waals surface area contributed by atoms with Crippen molar-refractivity contribution in [2.45, 2.75) is 127 Å². The van der Waals surface area contributed by atoms with Gasteiger partial charge in [-0.1, -0.05) is 77.4 Å². The zero-order valence-corrected chi connectivity index (χ0v) is 20.8. The number of allylic oxidation sites excluding steroid dienone is 1. The zero-order chi connectivity index (χ0) is 25.3. The fourth-order valence-corrected chi connectivity index (χ4v) is 3.86. The highest BCUT2D eigenvalue weighted by Crippen LogP contribution is 2.22. The average molecular weight is 490 g/mol. The van der Waals surface area contributed by atoms with Crippen LogP contribution in [0.25, 0.3) is 0 Å². The standard InChI is InChI=1S/C25H47NO8/c1-3-5-7-8-9-10-11-13-15-21(29)26-18(19(28)14-12-6-4-2)17-33-25-24(32)23(31)22(30)20(16-27)34-25/h12,14,18-20,22-25,27-28,30-32H,3-11,13,15-17H2,1-2H3,(H,26,29)/b14-12+. The Kier molecular flexibility index (Phi) is 16.6. The number of carbonyl (C=O) groups excluding carboxylic acids is 1. The molecule has 9 heteroatoms. The maximum Gasteiger partial charge on any atom is 0.220 e. The van der Waals surface area contributed by atoms with E-state index < -0.39 is 49.5 Å². The second-order valence-corrected chi connectivity index (χ2v) is 9.14. The molecule has 0 aromatic rings. The Labute approximate surface area is 204 Å². The molecule has 1 aliphatic rings. The number of hydrogen-bond donors (Lipinski definition) is 6. The number of rotatable bonds is 18. The summed E-state index contributed by atoms with van der Waals surface area (Å²) in [6.07, 6.45) is 6.46. The zero-order valence-electron chi connectivity index (χ0n) is 20.8. The molecule has 0 aliphatic carbocycles. The topological polar surface area (TPSA) is 149 Å². The molecule has 9 nitrogen and oxygen atoms in total. The van der Waals surface area contributed by atoms with Crippen molar-refractivity contribution in [1.29, 1.82) is 0 Å². The summed E-state index contributed by atoms with van der Waals surface area (Å²) < 4.78 is 10.9. The Balaban J connectivity index is 2.56. The molecule has 1 aliphatic heterocycles. The van der Waals surface area contributed by atoms with E-state index in [0.717, 1.165) is 32.1 Å². The van der Waals surface area contributed by atoms with Crippen LogP contribution in [0.15, 0.2) is 12.2 Å². The first-order valence-corrected chi connectivity index (χ1v) is 12.9. The van der Waals surface area contributed by atoms with Gasteiger partial charge >= 0.3 is 0 Å². The normalized spacial score (nSPS) is 27.1. The summed E-state index contributed by atoms with van der Waals surface area (Å²) in [5.74, 6) is -0.198. The molecular formula is C25H47NO8. The van der Waals surface area contributed by atoms with E-state index in [0.29, 0.717) is 6.42 Å². The van der Waals surface area contributed by atoms with E-state index in [2.05, 4.69) is 12.2 Å². The van der Waals surface area contributed by atoms with Crippen LogP contribution in [0.4, 0.5) is 0 Å². The molecule has 0 radical (unpaired) electrons. The largest absolute Gasteiger partial charge is 0.394 e. The number of carbonyl (C=O) groups is 1. The summed E-state index contributed by atoms with van der Waals surface area (Å²) in [5.41, 5.74) is 0. The van der Waals surface area contributed by atoms with E-state index in [9.17, 15) is 30.3 Å². The summed E-state index contributed by atoms with van der Waals surface area (Å²) in [6, 6.07) is -0.790. The first-order valence-electron chi connectivity index (χ1n) is 12.9. The molecule has 1 amide bonds. The van der Waals surface area contributed by atoms with Gasteiger partial charge in [0.1, 0.15) is 24.4 Å². The molecule has 200 valence electrons. The van der Waals surface area contributed by atoms with Gasteiger partial charge in [-0.2, -0.15) is 0 Å². The predicted molar refractivity (Wildman–Crippen MR) is 129 cm³/mol. The van der Waals surface area contributed by atoms with Gasteiger partial charge in [-0.15, -0.1) is 0 Å². The van der Waals surface area contributed by atoms with E-state index >= 15 is 0 Å². The lowest BCUT2D eigenvalue weighted by molar-refractivity contribution is -0.302. The molecule has 0 aromatic carbocycles. The van der Waals surface area contributed by atoms with Crippen molar-refractivity contribution in [1.82, 2.24) is 5.32 Å². The Morgan fingerprint density at radius 3 is 2.24 bits per heavy atom. The molecule has 7 unspecified atom stereocenters. The molecule has 34 heavy (non-hydrogen) atoms. The Bertz CT molecular complexity index is 559. The molecule has 1 fully saturated rings. The lowest BCUT2D eigenvalue weighted by atomic mass is 9.99. The van der Waals surface area contributed by atoms with Crippen LogP contribution in [0, 0.1) is 0 Å². The van der Waals surface area contributed by atoms with Crippen LogP contribution >= 0.6 is 0 Å². The first kappa shape index (κ1) is 31.0. The number of hydrogen-bond acceptors (Lipinski definition) is 8. The van der Waals surface area contributed by atoms with Gasteiger partial charge in [0.15, 0.2) is 6.29 Å². The molecule has 0 aromatic heterocycles. The van der Waals surface area contributed by atoms with Crippen molar-refractivity contribution in [3.8, 4) is 0 Å². The van der Waals surface area contributed by atoms with E-state index in [4.69, 9.17) is 9.47 Å². The Morgan fingerprint density at radius 1 is 0.971 bits per heavy atom. The summed E-state index contributed by atoms with van der Waals surface area (Å²) >= 11 is 0. The van der Waals surface area contributed by atoms with Gasteiger partial charge in [-0.25, -0.2) is 0 Å². The minimum absolute atomic E-state index is 0.191. The highest BCUT2D eigenvalue weighted by Gasteiger charge is 2.44. The Hall–Kier alpha value is -1.07. The van der Waals surface area contributed by atoms with E-state index in [-0.39, 0.29) is 12.5 Å². The van der Waals surface area contributed by atoms with E-state index in [1.807, 2.05) is 13.0 Å². The maximum atomic E-state index is 12.5. The van der Waals surface area contributed by atoms with Crippen LogP contribution in [-0.4, -0.2) is 87.5 Å². The quantitative estimate of drug-likeness (QED) is 0.125. The third-order valence-corrected chi connectivity index (χ3v) is 6.09. The summed E-state index contributed by atoms with van der Waals surface area (Å²) in [6.45, 7) is 3.45. The van der Waals surface area contributed by atoms with Crippen LogP contribution in [-0.2, 0) is 14.3 Å². The summed E-state index contributed by atoms with van der Waals surface area (Å²) in [7, 11) is 0. The fourth-order valence-electron chi connectivity index (χ4n) is 3.86. The van der Waals surface area contributed by atoms with Crippen molar-refractivity contribution in [2.24, 2.45) is 0 Å². The number of nitrogens with one attached hydrogen (secondary N) is 1. The van der Waals surface area contributed by atoms with Crippen LogP contribution in [0.2, 0.25) is 0 Å². The number of amides is 1. The molecule has 6 N–H and O–H groups in total. The van der Waals surface area contributed by atoms with Gasteiger partial charge in [-0.3, -0.25) is 4.79 Å². The Morgan fingerprint density at radius 2 is 1.62 bits per heavy atom. The predicted octanol–water partition coefficient (Wildman–Crippen LogP) is 1.54. The highest BCUT2D eigenvalue weighted by atomic mass is 16.7. The summed E-state index contributed by atoms with van der Waals surface area (Å²) in [5, 5.41) is 52.7. The van der Waals surface area contributed by atoms with E-state index in [1.165, 1.54) is 32.1 Å². The molecule has 0 saturated carbocycles. The fraction of sp³-hybridized carbons (Fsp3) is 0.880. The first-order chi connectivity index (χ1) is 16.3. The molecule has 1 saturated heterocycles. The van der Waals surface area contributed by atoms with Gasteiger partial charge in [0.2, 0.25) is 5.91 Å². The third-order valence-electron chi connectivity index (χ3n) is 6.09. The second-order valence-electron chi connectivity index (χ2n) is 9.14. The number of aliphatic hydroxyl groups is 5. The van der Waals surface area contributed by atoms with Crippen LogP contribution in [0.5, 0.6) is 0 Å². The number of unbranched alkanes of at least 4 members (excludes halogenated alkanes) is 8. The molecule has 7 atom stereocenters. The van der Waals surface area contributed by atoms with Crippen LogP contribution in [0.3, 0.4) is 0 Å². The lowest BCUT2D eigenvalue weighted by Gasteiger charge is -2.40.